The number of para-hydroxylation sites is 1. The third-order valence-corrected chi connectivity index (χ3v) is 5.20. The molecule has 4 N–H and O–H groups in total. The summed E-state index contributed by atoms with van der Waals surface area (Å²) >= 11 is 0. The van der Waals surface area contributed by atoms with Crippen molar-refractivity contribution in [2.75, 3.05) is 13.1 Å². The van der Waals surface area contributed by atoms with Gasteiger partial charge in [-0.2, -0.15) is 0 Å². The molecule has 8 nitrogen and oxygen atoms in total. The molecule has 9 heteroatoms. The molecule has 3 rings (SSSR count). The quantitative estimate of drug-likeness (QED) is 0.237. The number of fused-ring (bicyclic) bond motifs is 2. The van der Waals surface area contributed by atoms with Crippen molar-refractivity contribution in [3.05, 3.63) is 106 Å². The first-order valence-electron chi connectivity index (χ1n) is 9.50. The first kappa shape index (κ1) is 24.2. The number of aromatic amines is 1. The van der Waals surface area contributed by atoms with Crippen molar-refractivity contribution in [2.24, 2.45) is 5.73 Å². The number of hydrogen-bond acceptors (Lipinski definition) is 6. The number of rotatable bonds is 9. The number of aromatic nitrogens is 1. The van der Waals surface area contributed by atoms with E-state index in [0.717, 1.165) is 0 Å². The van der Waals surface area contributed by atoms with Gasteiger partial charge in [0.05, 0.1) is 17.1 Å². The van der Waals surface area contributed by atoms with Gasteiger partial charge in [-0.15, -0.1) is 32.1 Å². The fourth-order valence-corrected chi connectivity index (χ4v) is 3.72. The molecule has 0 saturated heterocycles. The van der Waals surface area contributed by atoms with Crippen molar-refractivity contribution in [3.8, 4) is 0 Å². The normalized spacial score (nSPS) is 20.5. The number of nitro groups is 1. The lowest BCUT2D eigenvalue weighted by Crippen LogP contribution is -2.51. The van der Waals surface area contributed by atoms with Crippen LogP contribution in [0.25, 0.3) is 10.9 Å². The number of nitrogens with two attached hydrogens (primary N) is 1. The van der Waals surface area contributed by atoms with E-state index in [4.69, 9.17) is 5.73 Å². The van der Waals surface area contributed by atoms with E-state index in [-0.39, 0.29) is 35.3 Å². The summed E-state index contributed by atoms with van der Waals surface area (Å²) in [5.41, 5.74) is 4.56. The summed E-state index contributed by atoms with van der Waals surface area (Å²) in [5.74, 6) is 0. The molecule has 31 heavy (non-hydrogen) atoms. The molecule has 1 aromatic heterocycles. The van der Waals surface area contributed by atoms with Crippen LogP contribution in [0.1, 0.15) is 17.3 Å². The summed E-state index contributed by atoms with van der Waals surface area (Å²) < 4.78 is 0. The molecule has 0 spiro atoms. The molecule has 164 valence electrons. The first-order chi connectivity index (χ1) is 14.4. The van der Waals surface area contributed by atoms with Crippen LogP contribution in [-0.2, 0) is 5.66 Å². The number of H-pyrrole nitrogens is 1. The Balaban J connectivity index is 0.00000341. The lowest BCUT2D eigenvalue weighted by Gasteiger charge is -2.34. The average Bonchev–Trinajstić information content (AvgIpc) is 2.73. The molecule has 0 aliphatic heterocycles. The summed E-state index contributed by atoms with van der Waals surface area (Å²) in [5, 5.41) is 15.6. The molecule has 1 aromatic carbocycles. The van der Waals surface area contributed by atoms with Crippen molar-refractivity contribution >= 4 is 23.3 Å². The van der Waals surface area contributed by atoms with Gasteiger partial charge in [-0.05, 0) is 12.1 Å². The Bertz CT molecular complexity index is 1090. The average molecular weight is 444 g/mol. The molecule has 3 atom stereocenters. The third-order valence-electron chi connectivity index (χ3n) is 5.20. The van der Waals surface area contributed by atoms with Crippen LogP contribution in [0.4, 0.5) is 0 Å². The highest BCUT2D eigenvalue weighted by Gasteiger charge is 2.46. The van der Waals surface area contributed by atoms with Gasteiger partial charge < -0.3 is 4.98 Å². The lowest BCUT2D eigenvalue weighted by atomic mass is 9.88. The van der Waals surface area contributed by atoms with Gasteiger partial charge in [-0.3, -0.25) is 30.9 Å². The van der Waals surface area contributed by atoms with Crippen molar-refractivity contribution in [3.63, 3.8) is 0 Å². The third kappa shape index (κ3) is 4.38. The number of nitrogens with one attached hydrogen (secondary N) is 2. The van der Waals surface area contributed by atoms with E-state index in [2.05, 4.69) is 30.0 Å². The van der Waals surface area contributed by atoms with E-state index in [0.29, 0.717) is 24.0 Å². The van der Waals surface area contributed by atoms with Crippen molar-refractivity contribution in [2.45, 2.75) is 17.9 Å². The van der Waals surface area contributed by atoms with Crippen LogP contribution in [-0.4, -0.2) is 34.1 Å². The van der Waals surface area contributed by atoms with Gasteiger partial charge in [0.25, 0.3) is 0 Å². The van der Waals surface area contributed by atoms with E-state index < -0.39 is 16.6 Å². The highest BCUT2D eigenvalue weighted by Crippen LogP contribution is 2.33. The maximum atomic E-state index is 13.3. The highest BCUT2D eigenvalue weighted by atomic mass is 35.5. The van der Waals surface area contributed by atoms with Crippen LogP contribution < -0.4 is 16.5 Å². The monoisotopic (exact) mass is 443 g/mol. The number of nitrogens with zero attached hydrogens (tertiary/aromatic N) is 2. The molecule has 0 radical (unpaired) electrons. The molecule has 0 amide bonds. The molecule has 1 aliphatic rings. The maximum absolute atomic E-state index is 13.3. The van der Waals surface area contributed by atoms with E-state index in [1.807, 2.05) is 4.90 Å². The van der Waals surface area contributed by atoms with E-state index >= 15 is 0 Å². The van der Waals surface area contributed by atoms with Crippen LogP contribution in [0.3, 0.4) is 0 Å². The Morgan fingerprint density at radius 3 is 2.52 bits per heavy atom. The van der Waals surface area contributed by atoms with Gasteiger partial charge >= 0.3 is 5.66 Å². The summed E-state index contributed by atoms with van der Waals surface area (Å²) in [6.45, 7) is 12.5. The first-order valence-corrected chi connectivity index (χ1v) is 9.50. The second-order valence-electron chi connectivity index (χ2n) is 7.09. The standard InChI is InChI=1S/C22H25N5O3.ClH/c1-4-13-26(14-5-2)18(6-3)24-17-11-12-22(23,27(29)30)21-19(17)20(28)15-9-7-8-10-16(15)25-21;/h4-12,17-18,24H,1-3,13-14,23H2,(H,25,28);1H. The van der Waals surface area contributed by atoms with Crippen LogP contribution in [0, 0.1) is 10.1 Å². The summed E-state index contributed by atoms with van der Waals surface area (Å²) in [6.07, 6.45) is 7.74. The zero-order chi connectivity index (χ0) is 21.9. The van der Waals surface area contributed by atoms with Gasteiger partial charge in [-0.25, -0.2) is 0 Å². The second-order valence-corrected chi connectivity index (χ2v) is 7.09. The minimum absolute atomic E-state index is 0. The molecule has 2 aromatic rings. The second kappa shape index (κ2) is 9.84. The Kier molecular flexibility index (Phi) is 7.70. The molecule has 1 heterocycles. The van der Waals surface area contributed by atoms with E-state index in [9.17, 15) is 14.9 Å². The van der Waals surface area contributed by atoms with Crippen LogP contribution in [0.2, 0.25) is 0 Å². The van der Waals surface area contributed by atoms with Gasteiger partial charge in [-0.1, -0.05) is 36.4 Å². The Morgan fingerprint density at radius 1 is 1.29 bits per heavy atom. The number of hydrogen-bond donors (Lipinski definition) is 3. The predicted octanol–water partition coefficient (Wildman–Crippen LogP) is 2.72. The lowest BCUT2D eigenvalue weighted by molar-refractivity contribution is -0.564. The van der Waals surface area contributed by atoms with Crippen LogP contribution in [0.15, 0.2) is 79.2 Å². The molecular weight excluding hydrogens is 418 g/mol. The zero-order valence-corrected chi connectivity index (χ0v) is 17.8. The van der Waals surface area contributed by atoms with Crippen LogP contribution in [0.5, 0.6) is 0 Å². The summed E-state index contributed by atoms with van der Waals surface area (Å²) in [6, 6.07) is 6.27. The van der Waals surface area contributed by atoms with Crippen molar-refractivity contribution in [1.82, 2.24) is 15.2 Å². The molecule has 1 aliphatic carbocycles. The van der Waals surface area contributed by atoms with Crippen molar-refractivity contribution < 1.29 is 4.92 Å². The fraction of sp³-hybridized carbons (Fsp3) is 0.227. The molecular formula is C22H26ClN5O3. The molecule has 3 unspecified atom stereocenters. The Labute approximate surface area is 186 Å². The number of benzene rings is 1. The summed E-state index contributed by atoms with van der Waals surface area (Å²) in [7, 11) is 0. The number of halogens is 1. The zero-order valence-electron chi connectivity index (χ0n) is 17.0. The van der Waals surface area contributed by atoms with Gasteiger partial charge in [0.2, 0.25) is 0 Å². The largest absolute Gasteiger partial charge is 0.350 e. The van der Waals surface area contributed by atoms with Gasteiger partial charge in [0.1, 0.15) is 5.69 Å². The van der Waals surface area contributed by atoms with Gasteiger partial charge in [0, 0.05) is 35.6 Å². The topological polar surface area (TPSA) is 117 Å². The minimum Gasteiger partial charge on any atom is -0.350 e. The SMILES string of the molecule is C=CCN(CC=C)C(C=C)NC1C=CC(N)([N+](=O)[O-])c2[nH]c3ccccc3c(=O)c21.Cl. The molecule has 0 bridgehead atoms. The molecule has 0 saturated carbocycles. The van der Waals surface area contributed by atoms with Crippen molar-refractivity contribution in [1.29, 1.82) is 0 Å². The smallest absolute Gasteiger partial charge is 0.332 e. The Morgan fingerprint density at radius 2 is 1.94 bits per heavy atom. The minimum atomic E-state index is -2.03. The maximum Gasteiger partial charge on any atom is 0.332 e. The number of pyridine rings is 1. The summed E-state index contributed by atoms with van der Waals surface area (Å²) in [4.78, 5) is 29.6. The van der Waals surface area contributed by atoms with Gasteiger partial charge in [0.15, 0.2) is 5.43 Å². The highest BCUT2D eigenvalue weighted by molar-refractivity contribution is 5.85. The van der Waals surface area contributed by atoms with E-state index in [1.54, 1.807) is 48.6 Å². The predicted molar refractivity (Wildman–Crippen MR) is 126 cm³/mol. The van der Waals surface area contributed by atoms with E-state index in [1.165, 1.54) is 6.08 Å². The fourth-order valence-electron chi connectivity index (χ4n) is 3.72. The molecule has 0 fully saturated rings. The Hall–Kier alpha value is -3.04. The van der Waals surface area contributed by atoms with Crippen LogP contribution >= 0.6 is 12.4 Å².